The number of hydrogen-bond donors (Lipinski definition) is 3. The number of amides is 2. The fourth-order valence-corrected chi connectivity index (χ4v) is 2.11. The highest BCUT2D eigenvalue weighted by Gasteiger charge is 2.20. The summed E-state index contributed by atoms with van der Waals surface area (Å²) in [6.07, 6.45) is 2.53. The zero-order valence-electron chi connectivity index (χ0n) is 11.8. The first-order valence-corrected chi connectivity index (χ1v) is 7.55. The Morgan fingerprint density at radius 1 is 1.14 bits per heavy atom. The van der Waals surface area contributed by atoms with Crippen molar-refractivity contribution in [2.45, 2.75) is 12.8 Å². The van der Waals surface area contributed by atoms with Crippen molar-refractivity contribution in [2.75, 3.05) is 26.2 Å². The van der Waals surface area contributed by atoms with Gasteiger partial charge in [-0.15, -0.1) is 0 Å². The van der Waals surface area contributed by atoms with Crippen LogP contribution < -0.4 is 16.0 Å². The molecule has 1 aromatic rings. The molecule has 5 nitrogen and oxygen atoms in total. The number of carbonyl (C=O) groups excluding carboxylic acids is 2. The lowest BCUT2D eigenvalue weighted by Gasteiger charge is -2.08. The Morgan fingerprint density at radius 3 is 2.57 bits per heavy atom. The lowest BCUT2D eigenvalue weighted by molar-refractivity contribution is -0.120. The van der Waals surface area contributed by atoms with E-state index in [-0.39, 0.29) is 11.8 Å². The molecule has 1 aromatic carbocycles. The lowest BCUT2D eigenvalue weighted by Crippen LogP contribution is -2.39. The van der Waals surface area contributed by atoms with Gasteiger partial charge in [-0.25, -0.2) is 0 Å². The van der Waals surface area contributed by atoms with E-state index in [2.05, 4.69) is 16.0 Å². The highest BCUT2D eigenvalue weighted by atomic mass is 35.5. The quantitative estimate of drug-likeness (QED) is 0.632. The summed E-state index contributed by atoms with van der Waals surface area (Å²) in [5.74, 6) is 0.469. The molecule has 0 aromatic heterocycles. The molecule has 0 saturated heterocycles. The van der Waals surface area contributed by atoms with Crippen LogP contribution in [0.1, 0.15) is 23.2 Å². The summed E-state index contributed by atoms with van der Waals surface area (Å²) in [4.78, 5) is 23.3. The molecule has 2 amide bonds. The van der Waals surface area contributed by atoms with E-state index >= 15 is 0 Å². The van der Waals surface area contributed by atoms with Crippen LogP contribution in [0.25, 0.3) is 0 Å². The van der Waals surface area contributed by atoms with Crippen molar-refractivity contribution in [2.24, 2.45) is 5.92 Å². The van der Waals surface area contributed by atoms with Crippen LogP contribution in [0.5, 0.6) is 0 Å². The van der Waals surface area contributed by atoms with Gasteiger partial charge in [-0.05, 0) is 37.4 Å². The molecule has 0 bridgehead atoms. The van der Waals surface area contributed by atoms with E-state index in [1.54, 1.807) is 24.3 Å². The van der Waals surface area contributed by atoms with Crippen molar-refractivity contribution in [1.82, 2.24) is 16.0 Å². The molecular formula is C15H20ClN3O2. The molecule has 0 atom stereocenters. The topological polar surface area (TPSA) is 70.2 Å². The molecule has 0 aliphatic heterocycles. The first-order valence-electron chi connectivity index (χ1n) is 7.17. The second-order valence-corrected chi connectivity index (χ2v) is 5.57. The van der Waals surface area contributed by atoms with Crippen molar-refractivity contribution in [3.63, 3.8) is 0 Å². The molecule has 1 fully saturated rings. The fraction of sp³-hybridized carbons (Fsp3) is 0.467. The molecule has 2 rings (SSSR count). The van der Waals surface area contributed by atoms with Gasteiger partial charge in [0.05, 0.1) is 17.1 Å². The highest BCUT2D eigenvalue weighted by molar-refractivity contribution is 6.33. The number of carbonyl (C=O) groups is 2. The third-order valence-corrected chi connectivity index (χ3v) is 3.60. The zero-order valence-corrected chi connectivity index (χ0v) is 12.6. The van der Waals surface area contributed by atoms with Crippen LogP contribution in [-0.2, 0) is 4.79 Å². The van der Waals surface area contributed by atoms with Crippen LogP contribution in [0.4, 0.5) is 0 Å². The average Bonchev–Trinajstić information content (AvgIpc) is 3.28. The molecule has 1 saturated carbocycles. The van der Waals surface area contributed by atoms with Crippen LogP contribution in [0.15, 0.2) is 24.3 Å². The predicted molar refractivity (Wildman–Crippen MR) is 82.4 cm³/mol. The largest absolute Gasteiger partial charge is 0.353 e. The molecule has 21 heavy (non-hydrogen) atoms. The molecule has 0 heterocycles. The van der Waals surface area contributed by atoms with Gasteiger partial charge in [-0.1, -0.05) is 23.7 Å². The molecule has 0 spiro atoms. The van der Waals surface area contributed by atoms with Gasteiger partial charge in [0.25, 0.3) is 5.91 Å². The molecule has 1 aliphatic carbocycles. The summed E-state index contributed by atoms with van der Waals surface area (Å²) in [5, 5.41) is 9.00. The normalized spacial score (nSPS) is 13.8. The van der Waals surface area contributed by atoms with Crippen LogP contribution in [0.2, 0.25) is 5.02 Å². The van der Waals surface area contributed by atoms with Crippen LogP contribution in [-0.4, -0.2) is 38.0 Å². The molecule has 0 unspecified atom stereocenters. The Morgan fingerprint density at radius 2 is 1.86 bits per heavy atom. The fourth-order valence-electron chi connectivity index (χ4n) is 1.89. The third kappa shape index (κ3) is 5.73. The first-order chi connectivity index (χ1) is 10.2. The molecule has 1 aliphatic rings. The monoisotopic (exact) mass is 309 g/mol. The van der Waals surface area contributed by atoms with E-state index < -0.39 is 0 Å². The van der Waals surface area contributed by atoms with Crippen molar-refractivity contribution in [1.29, 1.82) is 0 Å². The van der Waals surface area contributed by atoms with E-state index in [1.807, 2.05) is 0 Å². The minimum atomic E-state index is -0.235. The Kier molecular flexibility index (Phi) is 6.02. The zero-order chi connectivity index (χ0) is 15.1. The van der Waals surface area contributed by atoms with Gasteiger partial charge in [0, 0.05) is 13.1 Å². The standard InChI is InChI=1S/C15H20ClN3O2/c16-13-4-2-1-3-12(13)15(21)19-8-7-18-14(20)10-17-9-11-5-6-11/h1-4,11,17H,5-10H2,(H,18,20)(H,19,21). The average molecular weight is 310 g/mol. The maximum absolute atomic E-state index is 11.8. The summed E-state index contributed by atoms with van der Waals surface area (Å²) in [5.41, 5.74) is 0.441. The van der Waals surface area contributed by atoms with Gasteiger partial charge >= 0.3 is 0 Å². The van der Waals surface area contributed by atoms with Crippen molar-refractivity contribution < 1.29 is 9.59 Å². The minimum absolute atomic E-state index is 0.0531. The Bertz CT molecular complexity index is 503. The number of nitrogens with one attached hydrogen (secondary N) is 3. The molecule has 6 heteroatoms. The smallest absolute Gasteiger partial charge is 0.252 e. The van der Waals surface area contributed by atoms with Gasteiger partial charge < -0.3 is 16.0 Å². The summed E-state index contributed by atoms with van der Waals surface area (Å²) >= 11 is 5.93. The van der Waals surface area contributed by atoms with Crippen molar-refractivity contribution in [3.8, 4) is 0 Å². The van der Waals surface area contributed by atoms with Crippen molar-refractivity contribution in [3.05, 3.63) is 34.9 Å². The maximum Gasteiger partial charge on any atom is 0.252 e. The highest BCUT2D eigenvalue weighted by Crippen LogP contribution is 2.27. The minimum Gasteiger partial charge on any atom is -0.353 e. The summed E-state index contributed by atoms with van der Waals surface area (Å²) in [6.45, 7) is 2.02. The van der Waals surface area contributed by atoms with E-state index in [0.29, 0.717) is 30.2 Å². The number of halogens is 1. The molecule has 114 valence electrons. The second kappa shape index (κ2) is 8.00. The van der Waals surface area contributed by atoms with Gasteiger partial charge in [0.1, 0.15) is 0 Å². The second-order valence-electron chi connectivity index (χ2n) is 5.16. The molecular weight excluding hydrogens is 290 g/mol. The van der Waals surface area contributed by atoms with Crippen LogP contribution >= 0.6 is 11.6 Å². The van der Waals surface area contributed by atoms with Gasteiger partial charge in [0.15, 0.2) is 0 Å². The summed E-state index contributed by atoms with van der Waals surface area (Å²) < 4.78 is 0. The Labute approximate surface area is 129 Å². The van der Waals surface area contributed by atoms with E-state index in [9.17, 15) is 9.59 Å². The Balaban J connectivity index is 1.57. The predicted octanol–water partition coefficient (Wildman–Crippen LogP) is 1.19. The van der Waals surface area contributed by atoms with E-state index in [4.69, 9.17) is 11.6 Å². The SMILES string of the molecule is O=C(CNCC1CC1)NCCNC(=O)c1ccccc1Cl. The summed E-state index contributed by atoms with van der Waals surface area (Å²) in [6, 6.07) is 6.86. The first kappa shape index (κ1) is 15.8. The van der Waals surface area contributed by atoms with Crippen LogP contribution in [0.3, 0.4) is 0 Å². The van der Waals surface area contributed by atoms with E-state index in [0.717, 1.165) is 12.5 Å². The number of benzene rings is 1. The van der Waals surface area contributed by atoms with Crippen molar-refractivity contribution >= 4 is 23.4 Å². The van der Waals surface area contributed by atoms with Crippen LogP contribution in [0, 0.1) is 5.92 Å². The van der Waals surface area contributed by atoms with Gasteiger partial charge in [0.2, 0.25) is 5.91 Å². The van der Waals surface area contributed by atoms with Gasteiger partial charge in [-0.2, -0.15) is 0 Å². The van der Waals surface area contributed by atoms with E-state index in [1.165, 1.54) is 12.8 Å². The molecule has 3 N–H and O–H groups in total. The van der Waals surface area contributed by atoms with Gasteiger partial charge in [-0.3, -0.25) is 9.59 Å². The Hall–Kier alpha value is -1.59. The summed E-state index contributed by atoms with van der Waals surface area (Å²) in [7, 11) is 0. The lowest BCUT2D eigenvalue weighted by atomic mass is 10.2. The third-order valence-electron chi connectivity index (χ3n) is 3.27. The molecule has 0 radical (unpaired) electrons. The maximum atomic E-state index is 11.8. The number of hydrogen-bond acceptors (Lipinski definition) is 3. The number of rotatable bonds is 8.